The molecule has 2 aromatic heterocycles. The first-order valence-corrected chi connectivity index (χ1v) is 9.63. The molecule has 3 aromatic rings. The van der Waals surface area contributed by atoms with Gasteiger partial charge in [0.2, 0.25) is 0 Å². The fourth-order valence-electron chi connectivity index (χ4n) is 2.91. The predicted octanol–water partition coefficient (Wildman–Crippen LogP) is 3.45. The van der Waals surface area contributed by atoms with Gasteiger partial charge in [0.25, 0.3) is 5.91 Å². The molecule has 0 fully saturated rings. The number of ether oxygens (including phenoxy) is 1. The monoisotopic (exact) mass is 390 g/mol. The summed E-state index contributed by atoms with van der Waals surface area (Å²) in [6.45, 7) is 1.42. The first-order chi connectivity index (χ1) is 14.2. The van der Waals surface area contributed by atoms with E-state index in [1.54, 1.807) is 43.7 Å². The molecule has 1 amide bonds. The lowest BCUT2D eigenvalue weighted by Gasteiger charge is -2.17. The highest BCUT2D eigenvalue weighted by molar-refractivity contribution is 5.92. The summed E-state index contributed by atoms with van der Waals surface area (Å²) in [6, 6.07) is 15.6. The molecule has 0 bridgehead atoms. The summed E-state index contributed by atoms with van der Waals surface area (Å²) in [4.78, 5) is 22.6. The van der Waals surface area contributed by atoms with Crippen molar-refractivity contribution in [1.29, 1.82) is 0 Å². The molecule has 1 N–H and O–H groups in total. The molecule has 150 valence electrons. The van der Waals surface area contributed by atoms with Crippen LogP contribution in [-0.4, -0.2) is 48.0 Å². The molecule has 0 radical (unpaired) electrons. The number of likely N-dealkylation sites (N-methyl/N-ethyl adjacent to an activating group) is 1. The lowest BCUT2D eigenvalue weighted by Crippen LogP contribution is -2.29. The third kappa shape index (κ3) is 6.04. The Hall–Kier alpha value is -3.41. The number of methoxy groups -OCH3 is 1. The fraction of sp³-hybridized carbons (Fsp3) is 0.261. The van der Waals surface area contributed by atoms with Crippen LogP contribution in [0.3, 0.4) is 0 Å². The molecule has 0 atom stereocenters. The lowest BCUT2D eigenvalue weighted by atomic mass is 10.1. The smallest absolute Gasteiger partial charge is 0.272 e. The minimum Gasteiger partial charge on any atom is -0.497 e. The molecule has 0 aliphatic rings. The van der Waals surface area contributed by atoms with Gasteiger partial charge in [-0.2, -0.15) is 0 Å². The molecule has 0 saturated heterocycles. The van der Waals surface area contributed by atoms with E-state index in [0.717, 1.165) is 36.4 Å². The molecular formula is C23H26N4O2. The molecule has 29 heavy (non-hydrogen) atoms. The molecule has 0 unspecified atom stereocenters. The Labute approximate surface area is 171 Å². The number of anilines is 1. The zero-order chi connectivity index (χ0) is 20.5. The molecular weight excluding hydrogens is 364 g/mol. The summed E-state index contributed by atoms with van der Waals surface area (Å²) in [5.74, 6) is 0.778. The minimum atomic E-state index is -0.0798. The topological polar surface area (TPSA) is 67.3 Å². The van der Waals surface area contributed by atoms with E-state index in [9.17, 15) is 4.79 Å². The van der Waals surface area contributed by atoms with Crippen molar-refractivity contribution < 1.29 is 9.53 Å². The Kier molecular flexibility index (Phi) is 7.16. The standard InChI is InChI=1S/C23H26N4O2/c1-27(16-12-19-9-13-24-14-10-19)23(28)22-8-5-20(17-26-22)25-15-11-18-3-6-21(29-2)7-4-18/h3-10,13-14,17,25H,11-12,15-16H2,1-2H3. The van der Waals surface area contributed by atoms with E-state index in [1.165, 1.54) is 5.56 Å². The Morgan fingerprint density at radius 1 is 1.00 bits per heavy atom. The first-order valence-electron chi connectivity index (χ1n) is 9.63. The second-order valence-corrected chi connectivity index (χ2v) is 6.79. The summed E-state index contributed by atoms with van der Waals surface area (Å²) in [6.07, 6.45) is 6.91. The molecule has 0 aliphatic heterocycles. The quantitative estimate of drug-likeness (QED) is 0.606. The summed E-state index contributed by atoms with van der Waals surface area (Å²) in [7, 11) is 3.46. The van der Waals surface area contributed by atoms with Crippen LogP contribution < -0.4 is 10.1 Å². The van der Waals surface area contributed by atoms with Crippen molar-refractivity contribution in [1.82, 2.24) is 14.9 Å². The van der Waals surface area contributed by atoms with Gasteiger partial charge < -0.3 is 15.0 Å². The van der Waals surface area contributed by atoms with Crippen LogP contribution in [0.25, 0.3) is 0 Å². The largest absolute Gasteiger partial charge is 0.497 e. The van der Waals surface area contributed by atoms with Gasteiger partial charge >= 0.3 is 0 Å². The van der Waals surface area contributed by atoms with Gasteiger partial charge in [-0.3, -0.25) is 9.78 Å². The van der Waals surface area contributed by atoms with Crippen molar-refractivity contribution in [3.05, 3.63) is 83.9 Å². The number of rotatable bonds is 9. The molecule has 2 heterocycles. The van der Waals surface area contributed by atoms with Gasteiger partial charge in [0, 0.05) is 32.5 Å². The average Bonchev–Trinajstić information content (AvgIpc) is 2.78. The summed E-state index contributed by atoms with van der Waals surface area (Å²) < 4.78 is 5.17. The molecule has 0 aliphatic carbocycles. The van der Waals surface area contributed by atoms with Gasteiger partial charge in [0.05, 0.1) is 19.0 Å². The summed E-state index contributed by atoms with van der Waals surface area (Å²) >= 11 is 0. The molecule has 6 nitrogen and oxygen atoms in total. The molecule has 3 rings (SSSR count). The lowest BCUT2D eigenvalue weighted by molar-refractivity contribution is 0.0791. The minimum absolute atomic E-state index is 0.0798. The van der Waals surface area contributed by atoms with Gasteiger partial charge in [0.1, 0.15) is 11.4 Å². The van der Waals surface area contributed by atoms with Crippen LogP contribution in [0.2, 0.25) is 0 Å². The number of nitrogens with zero attached hydrogens (tertiary/aromatic N) is 3. The van der Waals surface area contributed by atoms with Crippen LogP contribution in [-0.2, 0) is 12.8 Å². The summed E-state index contributed by atoms with van der Waals surface area (Å²) in [5, 5.41) is 3.34. The highest BCUT2D eigenvalue weighted by atomic mass is 16.5. The zero-order valence-corrected chi connectivity index (χ0v) is 16.8. The van der Waals surface area contributed by atoms with E-state index >= 15 is 0 Å². The average molecular weight is 390 g/mol. The third-order valence-electron chi connectivity index (χ3n) is 4.72. The van der Waals surface area contributed by atoms with Crippen LogP contribution in [0.4, 0.5) is 5.69 Å². The summed E-state index contributed by atoms with van der Waals surface area (Å²) in [5.41, 5.74) is 3.73. The predicted molar refractivity (Wildman–Crippen MR) is 114 cm³/mol. The molecule has 0 saturated carbocycles. The highest BCUT2D eigenvalue weighted by Gasteiger charge is 2.13. The van der Waals surface area contributed by atoms with Crippen molar-refractivity contribution in [3.63, 3.8) is 0 Å². The first kappa shape index (κ1) is 20.3. The van der Waals surface area contributed by atoms with Crippen LogP contribution in [0, 0.1) is 0 Å². The number of carbonyl (C=O) groups excluding carboxylic acids is 1. The van der Waals surface area contributed by atoms with Gasteiger partial charge in [-0.15, -0.1) is 0 Å². The second-order valence-electron chi connectivity index (χ2n) is 6.79. The van der Waals surface area contributed by atoms with Gasteiger partial charge in [-0.05, 0) is 60.4 Å². The number of carbonyl (C=O) groups is 1. The highest BCUT2D eigenvalue weighted by Crippen LogP contribution is 2.13. The third-order valence-corrected chi connectivity index (χ3v) is 4.72. The Morgan fingerprint density at radius 2 is 1.72 bits per heavy atom. The number of aromatic nitrogens is 2. The number of pyridine rings is 2. The second kappa shape index (κ2) is 10.2. The van der Waals surface area contributed by atoms with E-state index in [4.69, 9.17) is 4.74 Å². The van der Waals surface area contributed by atoms with Crippen LogP contribution in [0.1, 0.15) is 21.6 Å². The maximum atomic E-state index is 12.5. The molecule has 6 heteroatoms. The van der Waals surface area contributed by atoms with Gasteiger partial charge in [-0.25, -0.2) is 4.98 Å². The van der Waals surface area contributed by atoms with E-state index in [-0.39, 0.29) is 5.91 Å². The van der Waals surface area contributed by atoms with Crippen molar-refractivity contribution in [3.8, 4) is 5.75 Å². The van der Waals surface area contributed by atoms with Crippen LogP contribution >= 0.6 is 0 Å². The van der Waals surface area contributed by atoms with Crippen molar-refractivity contribution in [2.24, 2.45) is 0 Å². The van der Waals surface area contributed by atoms with Gasteiger partial charge in [-0.1, -0.05) is 12.1 Å². The van der Waals surface area contributed by atoms with Crippen molar-refractivity contribution >= 4 is 11.6 Å². The fourth-order valence-corrected chi connectivity index (χ4v) is 2.91. The maximum absolute atomic E-state index is 12.5. The Balaban J connectivity index is 1.46. The normalized spacial score (nSPS) is 10.4. The van der Waals surface area contributed by atoms with E-state index in [2.05, 4.69) is 27.4 Å². The number of nitrogens with one attached hydrogen (secondary N) is 1. The number of hydrogen-bond acceptors (Lipinski definition) is 5. The van der Waals surface area contributed by atoms with Crippen molar-refractivity contribution in [2.45, 2.75) is 12.8 Å². The SMILES string of the molecule is COc1ccc(CCNc2ccc(C(=O)N(C)CCc3ccncc3)nc2)cc1. The van der Waals surface area contributed by atoms with E-state index < -0.39 is 0 Å². The molecule has 0 spiro atoms. The zero-order valence-electron chi connectivity index (χ0n) is 16.8. The van der Waals surface area contributed by atoms with Crippen LogP contribution in [0.5, 0.6) is 5.75 Å². The van der Waals surface area contributed by atoms with Gasteiger partial charge in [0.15, 0.2) is 0 Å². The Bertz CT molecular complexity index is 896. The number of benzene rings is 1. The van der Waals surface area contributed by atoms with E-state index in [1.807, 2.05) is 30.3 Å². The Morgan fingerprint density at radius 3 is 2.38 bits per heavy atom. The van der Waals surface area contributed by atoms with E-state index in [0.29, 0.717) is 12.2 Å². The number of amides is 1. The molecule has 1 aromatic carbocycles. The maximum Gasteiger partial charge on any atom is 0.272 e. The number of hydrogen-bond donors (Lipinski definition) is 1. The van der Waals surface area contributed by atoms with Crippen LogP contribution in [0.15, 0.2) is 67.1 Å². The van der Waals surface area contributed by atoms with Crippen molar-refractivity contribution in [2.75, 3.05) is 32.6 Å².